The van der Waals surface area contributed by atoms with E-state index in [9.17, 15) is 9.59 Å². The Morgan fingerprint density at radius 3 is 1.42 bits per heavy atom. The molecule has 2 unspecified atom stereocenters. The first-order valence-electron chi connectivity index (χ1n) is 10.1. The Morgan fingerprint density at radius 2 is 1.04 bits per heavy atom. The van der Waals surface area contributed by atoms with Crippen LogP contribution in [0.3, 0.4) is 0 Å². The summed E-state index contributed by atoms with van der Waals surface area (Å²) in [7, 11) is 3.65. The van der Waals surface area contributed by atoms with Crippen molar-refractivity contribution >= 4 is 12.1 Å². The first-order chi connectivity index (χ1) is 12.6. The maximum Gasteiger partial charge on any atom is 0.325 e. The van der Waals surface area contributed by atoms with E-state index in [1.165, 1.54) is 38.5 Å². The minimum Gasteiger partial charge on any atom is -0.303 e. The van der Waals surface area contributed by atoms with Crippen molar-refractivity contribution in [3.8, 4) is 0 Å². The van der Waals surface area contributed by atoms with E-state index in [-0.39, 0.29) is 24.4 Å². The van der Waals surface area contributed by atoms with Crippen LogP contribution in [0.5, 0.6) is 0 Å². The van der Waals surface area contributed by atoms with Gasteiger partial charge in [-0.2, -0.15) is 0 Å². The van der Waals surface area contributed by atoms with Crippen LogP contribution in [-0.2, 0) is 0 Å². The highest BCUT2D eigenvalue weighted by Gasteiger charge is 2.57. The van der Waals surface area contributed by atoms with Gasteiger partial charge < -0.3 is 9.80 Å². The van der Waals surface area contributed by atoms with Crippen molar-refractivity contribution in [2.75, 3.05) is 53.6 Å². The molecule has 8 nitrogen and oxygen atoms in total. The number of rotatable bonds is 4. The SMILES string of the molecule is CN1C(=O)N(C)C2C1N(CN1CCCCC1)C(=O)N2CN1CCCCC1. The van der Waals surface area contributed by atoms with Crippen molar-refractivity contribution in [1.29, 1.82) is 0 Å². The molecule has 8 heteroatoms. The van der Waals surface area contributed by atoms with E-state index in [2.05, 4.69) is 9.80 Å². The van der Waals surface area contributed by atoms with E-state index in [4.69, 9.17) is 0 Å². The average Bonchev–Trinajstić information content (AvgIpc) is 3.05. The number of carbonyl (C=O) groups excluding carboxylic acids is 2. The minimum atomic E-state index is -0.188. The Hall–Kier alpha value is -1.54. The van der Waals surface area contributed by atoms with Crippen LogP contribution < -0.4 is 0 Å². The minimum absolute atomic E-state index is 0.000196. The lowest BCUT2D eigenvalue weighted by Gasteiger charge is -2.35. The lowest BCUT2D eigenvalue weighted by Crippen LogP contribution is -2.51. The van der Waals surface area contributed by atoms with E-state index in [0.717, 1.165) is 26.2 Å². The van der Waals surface area contributed by atoms with Crippen LogP contribution in [0.15, 0.2) is 0 Å². The van der Waals surface area contributed by atoms with Gasteiger partial charge in [-0.05, 0) is 51.9 Å². The molecule has 4 fully saturated rings. The van der Waals surface area contributed by atoms with Gasteiger partial charge in [-0.1, -0.05) is 12.8 Å². The maximum absolute atomic E-state index is 13.3. The second-order valence-electron chi connectivity index (χ2n) is 8.19. The second kappa shape index (κ2) is 7.23. The smallest absolute Gasteiger partial charge is 0.303 e. The van der Waals surface area contributed by atoms with Crippen LogP contribution in [-0.4, -0.2) is 107 Å². The summed E-state index contributed by atoms with van der Waals surface area (Å²) in [6.07, 6.45) is 6.96. The molecule has 4 saturated heterocycles. The molecule has 4 rings (SSSR count). The molecular weight excluding hydrogens is 332 g/mol. The molecule has 4 aliphatic heterocycles. The number of hydrogen-bond donors (Lipinski definition) is 0. The van der Waals surface area contributed by atoms with E-state index in [1.807, 2.05) is 23.9 Å². The topological polar surface area (TPSA) is 53.6 Å². The zero-order chi connectivity index (χ0) is 18.3. The highest BCUT2D eigenvalue weighted by Crippen LogP contribution is 2.34. The molecule has 146 valence electrons. The van der Waals surface area contributed by atoms with Crippen molar-refractivity contribution in [3.63, 3.8) is 0 Å². The highest BCUT2D eigenvalue weighted by molar-refractivity contribution is 5.84. The Bertz CT molecular complexity index is 502. The fourth-order valence-electron chi connectivity index (χ4n) is 4.93. The monoisotopic (exact) mass is 364 g/mol. The molecule has 0 saturated carbocycles. The summed E-state index contributed by atoms with van der Waals surface area (Å²) in [6, 6.07) is 0.0714. The maximum atomic E-state index is 13.3. The largest absolute Gasteiger partial charge is 0.325 e. The Morgan fingerprint density at radius 1 is 0.654 bits per heavy atom. The van der Waals surface area contributed by atoms with Crippen LogP contribution in [0.2, 0.25) is 0 Å². The van der Waals surface area contributed by atoms with Gasteiger partial charge in [0.2, 0.25) is 0 Å². The number of piperidine rings is 2. The van der Waals surface area contributed by atoms with Crippen molar-refractivity contribution in [1.82, 2.24) is 29.4 Å². The molecule has 4 heterocycles. The molecular formula is C18H32N6O2. The molecule has 26 heavy (non-hydrogen) atoms. The number of likely N-dealkylation sites (tertiary alicyclic amines) is 2. The molecule has 0 aromatic carbocycles. The summed E-state index contributed by atoms with van der Waals surface area (Å²) in [6.45, 7) is 5.42. The van der Waals surface area contributed by atoms with Crippen molar-refractivity contribution in [2.45, 2.75) is 50.9 Å². The summed E-state index contributed by atoms with van der Waals surface area (Å²) in [4.78, 5) is 37.9. The molecule has 0 aromatic rings. The number of nitrogens with zero attached hydrogens (tertiary/aromatic N) is 6. The van der Waals surface area contributed by atoms with Crippen LogP contribution in [0.25, 0.3) is 0 Å². The first kappa shape index (κ1) is 17.9. The van der Waals surface area contributed by atoms with Gasteiger partial charge in [-0.3, -0.25) is 19.6 Å². The van der Waals surface area contributed by atoms with E-state index in [1.54, 1.807) is 9.80 Å². The van der Waals surface area contributed by atoms with Gasteiger partial charge in [0.25, 0.3) is 0 Å². The summed E-state index contributed by atoms with van der Waals surface area (Å²) < 4.78 is 0. The fraction of sp³-hybridized carbons (Fsp3) is 0.889. The summed E-state index contributed by atoms with van der Waals surface area (Å²) >= 11 is 0. The van der Waals surface area contributed by atoms with Gasteiger partial charge >= 0.3 is 12.1 Å². The molecule has 0 aliphatic carbocycles. The Balaban J connectivity index is 1.53. The normalized spacial score (nSPS) is 31.3. The Kier molecular flexibility index (Phi) is 4.96. The first-order valence-corrected chi connectivity index (χ1v) is 10.1. The number of fused-ring (bicyclic) bond motifs is 1. The average molecular weight is 364 g/mol. The zero-order valence-electron chi connectivity index (χ0n) is 16.1. The quantitative estimate of drug-likeness (QED) is 0.754. The summed E-state index contributed by atoms with van der Waals surface area (Å²) in [5, 5.41) is 0. The van der Waals surface area contributed by atoms with Crippen LogP contribution >= 0.6 is 0 Å². The van der Waals surface area contributed by atoms with Crippen molar-refractivity contribution in [3.05, 3.63) is 0 Å². The molecule has 4 amide bonds. The molecule has 0 radical (unpaired) electrons. The second-order valence-corrected chi connectivity index (χ2v) is 8.19. The molecule has 0 spiro atoms. The molecule has 2 atom stereocenters. The number of carbonyl (C=O) groups is 2. The standard InChI is InChI=1S/C18H32N6O2/c1-19-15-16(20(2)17(19)25)24(14-22-11-7-4-8-12-22)18(26)23(15)13-21-9-5-3-6-10-21/h15-16H,3-14H2,1-2H3. The van der Waals surface area contributed by atoms with E-state index in [0.29, 0.717) is 13.3 Å². The molecule has 0 N–H and O–H groups in total. The van der Waals surface area contributed by atoms with Gasteiger partial charge in [-0.25, -0.2) is 9.59 Å². The molecule has 4 aliphatic rings. The van der Waals surface area contributed by atoms with E-state index >= 15 is 0 Å². The zero-order valence-corrected chi connectivity index (χ0v) is 16.1. The molecule has 0 aromatic heterocycles. The van der Waals surface area contributed by atoms with Gasteiger partial charge in [-0.15, -0.1) is 0 Å². The summed E-state index contributed by atoms with van der Waals surface area (Å²) in [5.41, 5.74) is 0. The third-order valence-electron chi connectivity index (χ3n) is 6.40. The number of likely N-dealkylation sites (N-methyl/N-ethyl adjacent to an activating group) is 2. The lowest BCUT2D eigenvalue weighted by molar-refractivity contribution is 0.0738. The lowest BCUT2D eigenvalue weighted by atomic mass is 10.1. The van der Waals surface area contributed by atoms with Crippen LogP contribution in [0.1, 0.15) is 38.5 Å². The van der Waals surface area contributed by atoms with Gasteiger partial charge in [0.1, 0.15) is 0 Å². The third-order valence-corrected chi connectivity index (χ3v) is 6.40. The molecule has 0 bridgehead atoms. The van der Waals surface area contributed by atoms with Crippen molar-refractivity contribution in [2.24, 2.45) is 0 Å². The van der Waals surface area contributed by atoms with Crippen molar-refractivity contribution < 1.29 is 9.59 Å². The predicted molar refractivity (Wildman–Crippen MR) is 98.2 cm³/mol. The van der Waals surface area contributed by atoms with Crippen LogP contribution in [0.4, 0.5) is 9.59 Å². The Labute approximate surface area is 156 Å². The van der Waals surface area contributed by atoms with Gasteiger partial charge in [0.15, 0.2) is 12.3 Å². The van der Waals surface area contributed by atoms with Gasteiger partial charge in [0, 0.05) is 14.1 Å². The predicted octanol–water partition coefficient (Wildman–Crippen LogP) is 1.26. The number of hydrogen-bond acceptors (Lipinski definition) is 4. The number of urea groups is 2. The van der Waals surface area contributed by atoms with Gasteiger partial charge in [0.05, 0.1) is 13.3 Å². The third kappa shape index (κ3) is 3.03. The van der Waals surface area contributed by atoms with Crippen LogP contribution in [0, 0.1) is 0 Å². The highest BCUT2D eigenvalue weighted by atomic mass is 16.2. The fourth-order valence-corrected chi connectivity index (χ4v) is 4.93. The number of amides is 4. The van der Waals surface area contributed by atoms with E-state index < -0.39 is 0 Å². The summed E-state index contributed by atoms with van der Waals surface area (Å²) in [5.74, 6) is 0.